The molecule has 0 bridgehead atoms. The highest BCUT2D eigenvalue weighted by Gasteiger charge is 2.22. The van der Waals surface area contributed by atoms with Crippen molar-refractivity contribution in [1.29, 1.82) is 0 Å². The van der Waals surface area contributed by atoms with E-state index in [1.165, 1.54) is 5.56 Å². The second-order valence-corrected chi connectivity index (χ2v) is 7.97. The minimum atomic E-state index is 0.719. The van der Waals surface area contributed by atoms with Crippen molar-refractivity contribution in [3.63, 3.8) is 0 Å². The summed E-state index contributed by atoms with van der Waals surface area (Å²) in [7, 11) is 0. The third-order valence-corrected chi connectivity index (χ3v) is 5.86. The molecule has 0 amide bonds. The van der Waals surface area contributed by atoms with Crippen LogP contribution in [0, 0.1) is 0 Å². The van der Waals surface area contributed by atoms with Gasteiger partial charge in [0.25, 0.3) is 0 Å². The van der Waals surface area contributed by atoms with Crippen LogP contribution in [0.5, 0.6) is 0 Å². The first-order chi connectivity index (χ1) is 15.8. The molecule has 156 valence electrons. The van der Waals surface area contributed by atoms with Crippen molar-refractivity contribution in [2.75, 3.05) is 0 Å². The van der Waals surface area contributed by atoms with Gasteiger partial charge in [-0.3, -0.25) is 4.98 Å². The Labute approximate surface area is 193 Å². The molecule has 0 spiro atoms. The lowest BCUT2D eigenvalue weighted by atomic mass is 9.99. The summed E-state index contributed by atoms with van der Waals surface area (Å²) >= 11 is 6.19. The Balaban J connectivity index is 1.80. The fourth-order valence-electron chi connectivity index (χ4n) is 4.13. The van der Waals surface area contributed by atoms with Crippen LogP contribution in [0.15, 0.2) is 103 Å². The Morgan fingerprint density at radius 1 is 0.688 bits per heavy atom. The van der Waals surface area contributed by atoms with E-state index in [1.807, 2.05) is 42.7 Å². The number of rotatable bonds is 5. The molecule has 2 heterocycles. The average Bonchev–Trinajstić information content (AvgIpc) is 3.25. The minimum Gasteiger partial charge on any atom is -0.324 e. The third-order valence-electron chi connectivity index (χ3n) is 5.61. The van der Waals surface area contributed by atoms with Gasteiger partial charge in [-0.15, -0.1) is 0 Å². The van der Waals surface area contributed by atoms with Crippen molar-refractivity contribution in [3.05, 3.63) is 108 Å². The van der Waals surface area contributed by atoms with Crippen molar-refractivity contribution in [1.82, 2.24) is 14.5 Å². The van der Waals surface area contributed by atoms with E-state index in [1.54, 1.807) is 0 Å². The molecule has 5 rings (SSSR count). The van der Waals surface area contributed by atoms with Crippen LogP contribution >= 0.6 is 11.6 Å². The van der Waals surface area contributed by atoms with Crippen LogP contribution in [0.2, 0.25) is 5.02 Å². The molecule has 4 heteroatoms. The number of halogens is 1. The highest BCUT2D eigenvalue weighted by atomic mass is 35.5. The molecular weight excluding hydrogens is 414 g/mol. The van der Waals surface area contributed by atoms with E-state index in [0.29, 0.717) is 0 Å². The normalized spacial score (nSPS) is 10.9. The Hall–Kier alpha value is -3.69. The van der Waals surface area contributed by atoms with Gasteiger partial charge < -0.3 is 4.57 Å². The molecule has 0 saturated carbocycles. The molecule has 32 heavy (non-hydrogen) atoms. The van der Waals surface area contributed by atoms with Gasteiger partial charge in [-0.05, 0) is 42.3 Å². The summed E-state index contributed by atoms with van der Waals surface area (Å²) in [5.74, 6) is 0.948. The summed E-state index contributed by atoms with van der Waals surface area (Å²) in [4.78, 5) is 9.40. The van der Waals surface area contributed by atoms with E-state index in [0.717, 1.165) is 51.0 Å². The monoisotopic (exact) mass is 435 g/mol. The first-order valence-electron chi connectivity index (χ1n) is 10.7. The van der Waals surface area contributed by atoms with Gasteiger partial charge in [0.2, 0.25) is 0 Å². The van der Waals surface area contributed by atoms with Gasteiger partial charge in [0.1, 0.15) is 5.82 Å². The van der Waals surface area contributed by atoms with Gasteiger partial charge in [-0.2, -0.15) is 0 Å². The van der Waals surface area contributed by atoms with E-state index in [4.69, 9.17) is 16.6 Å². The van der Waals surface area contributed by atoms with Gasteiger partial charge in [-0.1, -0.05) is 78.3 Å². The molecule has 0 saturated heterocycles. The molecule has 0 N–H and O–H groups in total. The Morgan fingerprint density at radius 3 is 2.03 bits per heavy atom. The highest BCUT2D eigenvalue weighted by Crippen LogP contribution is 2.39. The minimum absolute atomic E-state index is 0.719. The number of pyridine rings is 1. The molecule has 0 aliphatic heterocycles. The maximum atomic E-state index is 6.19. The number of nitrogens with zero attached hydrogens (tertiary/aromatic N) is 3. The standard InChI is InChI=1S/C28H22ClN3/c1-2-32-27(22-12-14-23(29)15-13-22)26(21-16-18-30-19-17-21)31-28(32)25-11-7-6-10-24(25)20-8-4-3-5-9-20/h3-19H,2H2,1H3. The molecule has 0 fully saturated rings. The molecule has 0 atom stereocenters. The SMILES string of the molecule is CCn1c(-c2ccccc2-c2ccccc2)nc(-c2ccncc2)c1-c1ccc(Cl)cc1. The molecule has 2 aromatic heterocycles. The van der Waals surface area contributed by atoms with Gasteiger partial charge in [-0.25, -0.2) is 4.98 Å². The predicted molar refractivity (Wildman–Crippen MR) is 132 cm³/mol. The zero-order valence-corrected chi connectivity index (χ0v) is 18.5. The molecule has 3 aromatic carbocycles. The van der Waals surface area contributed by atoms with Gasteiger partial charge in [0, 0.05) is 40.7 Å². The summed E-state index contributed by atoms with van der Waals surface area (Å²) in [6.07, 6.45) is 3.62. The highest BCUT2D eigenvalue weighted by molar-refractivity contribution is 6.30. The summed E-state index contributed by atoms with van der Waals surface area (Å²) in [6, 6.07) is 30.9. The first kappa shape index (κ1) is 20.2. The zero-order valence-electron chi connectivity index (χ0n) is 17.7. The number of imidazole rings is 1. The van der Waals surface area contributed by atoms with Crippen molar-refractivity contribution >= 4 is 11.6 Å². The maximum absolute atomic E-state index is 6.19. The summed E-state index contributed by atoms with van der Waals surface area (Å²) in [5, 5.41) is 0.719. The van der Waals surface area contributed by atoms with Gasteiger partial charge in [0.15, 0.2) is 0 Å². The maximum Gasteiger partial charge on any atom is 0.141 e. The number of hydrogen-bond donors (Lipinski definition) is 0. The van der Waals surface area contributed by atoms with Crippen LogP contribution < -0.4 is 0 Å². The third kappa shape index (κ3) is 3.72. The van der Waals surface area contributed by atoms with Crippen LogP contribution in [-0.2, 0) is 6.54 Å². The fourth-order valence-corrected chi connectivity index (χ4v) is 4.25. The second kappa shape index (κ2) is 8.81. The molecule has 0 aliphatic carbocycles. The van der Waals surface area contributed by atoms with Crippen molar-refractivity contribution < 1.29 is 0 Å². The van der Waals surface area contributed by atoms with E-state index in [-0.39, 0.29) is 0 Å². The van der Waals surface area contributed by atoms with Crippen molar-refractivity contribution in [3.8, 4) is 45.0 Å². The fraction of sp³-hybridized carbons (Fsp3) is 0.0714. The molecule has 0 aliphatic rings. The van der Waals surface area contributed by atoms with E-state index >= 15 is 0 Å². The first-order valence-corrected chi connectivity index (χ1v) is 11.1. The van der Waals surface area contributed by atoms with E-state index < -0.39 is 0 Å². The lowest BCUT2D eigenvalue weighted by Gasteiger charge is -2.14. The molecule has 3 nitrogen and oxygen atoms in total. The molecule has 0 radical (unpaired) electrons. The predicted octanol–water partition coefficient (Wildman–Crippen LogP) is 7.62. The smallest absolute Gasteiger partial charge is 0.141 e. The lowest BCUT2D eigenvalue weighted by Crippen LogP contribution is -2.01. The Kier molecular flexibility index (Phi) is 5.57. The summed E-state index contributed by atoms with van der Waals surface area (Å²) in [6.45, 7) is 2.94. The lowest BCUT2D eigenvalue weighted by molar-refractivity contribution is 0.778. The number of hydrogen-bond acceptors (Lipinski definition) is 2. The summed E-state index contributed by atoms with van der Waals surface area (Å²) in [5.41, 5.74) is 7.58. The Bertz CT molecular complexity index is 1340. The van der Waals surface area contributed by atoms with Gasteiger partial charge in [0.05, 0.1) is 11.4 Å². The van der Waals surface area contributed by atoms with Gasteiger partial charge >= 0.3 is 0 Å². The largest absolute Gasteiger partial charge is 0.324 e. The molecular formula is C28H22ClN3. The Morgan fingerprint density at radius 2 is 1.34 bits per heavy atom. The second-order valence-electron chi connectivity index (χ2n) is 7.53. The topological polar surface area (TPSA) is 30.7 Å². The zero-order chi connectivity index (χ0) is 21.9. The van der Waals surface area contributed by atoms with Crippen molar-refractivity contribution in [2.45, 2.75) is 13.5 Å². The van der Waals surface area contributed by atoms with Crippen LogP contribution in [0.1, 0.15) is 6.92 Å². The van der Waals surface area contributed by atoms with Crippen LogP contribution in [0.3, 0.4) is 0 Å². The average molecular weight is 436 g/mol. The van der Waals surface area contributed by atoms with Crippen LogP contribution in [0.25, 0.3) is 45.0 Å². The van der Waals surface area contributed by atoms with Crippen molar-refractivity contribution in [2.24, 2.45) is 0 Å². The number of benzene rings is 3. The summed E-state index contributed by atoms with van der Waals surface area (Å²) < 4.78 is 2.29. The quantitative estimate of drug-likeness (QED) is 0.284. The van der Waals surface area contributed by atoms with E-state index in [9.17, 15) is 0 Å². The van der Waals surface area contributed by atoms with E-state index in [2.05, 4.69) is 77.1 Å². The molecule has 5 aromatic rings. The van der Waals surface area contributed by atoms with Crippen LogP contribution in [-0.4, -0.2) is 14.5 Å². The molecule has 0 unspecified atom stereocenters. The number of aromatic nitrogens is 3. The van der Waals surface area contributed by atoms with Crippen LogP contribution in [0.4, 0.5) is 0 Å².